The Balaban J connectivity index is 1.36. The van der Waals surface area contributed by atoms with Gasteiger partial charge in [0.05, 0.1) is 30.3 Å². The fraction of sp³-hybridized carbons (Fsp3) is 0.500. The third-order valence-corrected chi connectivity index (χ3v) is 6.51. The van der Waals surface area contributed by atoms with Gasteiger partial charge in [0.1, 0.15) is 11.4 Å². The average Bonchev–Trinajstić information content (AvgIpc) is 3.29. The first-order chi connectivity index (χ1) is 13.6. The molecule has 1 aromatic carbocycles. The number of hydrogen-bond acceptors (Lipinski definition) is 4. The number of hydrogen-bond donors (Lipinski definition) is 1. The van der Waals surface area contributed by atoms with Gasteiger partial charge in [-0.3, -0.25) is 9.59 Å². The van der Waals surface area contributed by atoms with Crippen LogP contribution in [0.25, 0.3) is 11.4 Å². The summed E-state index contributed by atoms with van der Waals surface area (Å²) < 4.78 is 5.74. The monoisotopic (exact) mass is 379 g/mol. The Morgan fingerprint density at radius 2 is 1.96 bits per heavy atom. The molecule has 1 spiro atoms. The second-order valence-electron chi connectivity index (χ2n) is 8.24. The minimum Gasteiger partial charge on any atom is -0.458 e. The minimum absolute atomic E-state index is 0.0641. The Kier molecular flexibility index (Phi) is 4.22. The van der Waals surface area contributed by atoms with E-state index < -0.39 is 5.60 Å². The molecule has 0 radical (unpaired) electrons. The number of esters is 1. The second kappa shape index (κ2) is 6.76. The van der Waals surface area contributed by atoms with Gasteiger partial charge in [-0.15, -0.1) is 0 Å². The lowest BCUT2D eigenvalue weighted by atomic mass is 9.75. The van der Waals surface area contributed by atoms with Crippen molar-refractivity contribution in [1.82, 2.24) is 14.9 Å². The Morgan fingerprint density at radius 1 is 1.18 bits per heavy atom. The van der Waals surface area contributed by atoms with Gasteiger partial charge in [-0.1, -0.05) is 36.8 Å². The summed E-state index contributed by atoms with van der Waals surface area (Å²) in [6.45, 7) is 1.17. The van der Waals surface area contributed by atoms with Crippen LogP contribution in [0.1, 0.15) is 49.9 Å². The molecule has 1 saturated heterocycles. The van der Waals surface area contributed by atoms with E-state index in [1.54, 1.807) is 0 Å². The van der Waals surface area contributed by atoms with Gasteiger partial charge in [0.2, 0.25) is 5.91 Å². The van der Waals surface area contributed by atoms with E-state index in [1.165, 1.54) is 0 Å². The van der Waals surface area contributed by atoms with E-state index in [-0.39, 0.29) is 24.2 Å². The number of amides is 1. The second-order valence-corrected chi connectivity index (χ2v) is 8.24. The lowest BCUT2D eigenvalue weighted by Gasteiger charge is -2.38. The highest BCUT2D eigenvalue weighted by molar-refractivity contribution is 5.88. The first kappa shape index (κ1) is 17.5. The van der Waals surface area contributed by atoms with Crippen LogP contribution in [0, 0.1) is 5.92 Å². The molecule has 0 bridgehead atoms. The number of carbonyl (C=O) groups excluding carboxylic acids is 2. The van der Waals surface area contributed by atoms with Crippen molar-refractivity contribution in [3.8, 4) is 11.4 Å². The van der Waals surface area contributed by atoms with Crippen molar-refractivity contribution in [2.24, 2.45) is 5.92 Å². The third kappa shape index (κ3) is 2.91. The number of fused-ring (bicyclic) bond motifs is 1. The predicted molar refractivity (Wildman–Crippen MR) is 103 cm³/mol. The molecule has 0 unspecified atom stereocenters. The molecule has 2 aliphatic heterocycles. The lowest BCUT2D eigenvalue weighted by molar-refractivity contribution is -0.156. The maximum Gasteiger partial charge on any atom is 0.307 e. The molecule has 5 rings (SSSR count). The quantitative estimate of drug-likeness (QED) is 0.813. The summed E-state index contributed by atoms with van der Waals surface area (Å²) in [6, 6.07) is 10.0. The van der Waals surface area contributed by atoms with Crippen LogP contribution in [0.2, 0.25) is 0 Å². The van der Waals surface area contributed by atoms with Gasteiger partial charge in [0.15, 0.2) is 0 Å². The first-order valence-corrected chi connectivity index (χ1v) is 10.3. The summed E-state index contributed by atoms with van der Waals surface area (Å²) in [5.41, 5.74) is 2.52. The third-order valence-electron chi connectivity index (χ3n) is 6.51. The van der Waals surface area contributed by atoms with Crippen molar-refractivity contribution in [2.45, 2.75) is 57.1 Å². The van der Waals surface area contributed by atoms with E-state index in [1.807, 2.05) is 35.2 Å². The van der Waals surface area contributed by atoms with Crippen LogP contribution in [-0.4, -0.2) is 38.9 Å². The van der Waals surface area contributed by atoms with Crippen molar-refractivity contribution in [2.75, 3.05) is 6.54 Å². The molecule has 28 heavy (non-hydrogen) atoms. The van der Waals surface area contributed by atoms with Crippen LogP contribution < -0.4 is 0 Å². The molecule has 1 amide bonds. The Hall–Kier alpha value is -2.63. The smallest absolute Gasteiger partial charge is 0.307 e. The maximum absolute atomic E-state index is 13.4. The fourth-order valence-corrected chi connectivity index (χ4v) is 5.04. The number of carbonyl (C=O) groups is 2. The van der Waals surface area contributed by atoms with Crippen LogP contribution in [0.5, 0.6) is 0 Å². The van der Waals surface area contributed by atoms with Crippen LogP contribution >= 0.6 is 0 Å². The van der Waals surface area contributed by atoms with Gasteiger partial charge in [-0.05, 0) is 25.7 Å². The van der Waals surface area contributed by atoms with Gasteiger partial charge >= 0.3 is 5.97 Å². The summed E-state index contributed by atoms with van der Waals surface area (Å²) in [7, 11) is 0. The number of imidazole rings is 1. The SMILES string of the molecule is O=C1C[C@H](C(=O)N2CCc3nc(-c4ccccc4)[nH]c3C2)C2(CCCCC2)O1. The molecule has 1 saturated carbocycles. The summed E-state index contributed by atoms with van der Waals surface area (Å²) >= 11 is 0. The number of H-pyrrole nitrogens is 1. The van der Waals surface area contributed by atoms with Crippen LogP contribution in [0.15, 0.2) is 30.3 Å². The number of benzene rings is 1. The van der Waals surface area contributed by atoms with Gasteiger partial charge in [0, 0.05) is 18.5 Å². The minimum atomic E-state index is -0.560. The topological polar surface area (TPSA) is 75.3 Å². The van der Waals surface area contributed by atoms with Gasteiger partial charge in [-0.25, -0.2) is 4.98 Å². The van der Waals surface area contributed by atoms with Crippen molar-refractivity contribution >= 4 is 11.9 Å². The van der Waals surface area contributed by atoms with E-state index in [9.17, 15) is 9.59 Å². The first-order valence-electron chi connectivity index (χ1n) is 10.3. The molecular weight excluding hydrogens is 354 g/mol. The lowest BCUT2D eigenvalue weighted by Crippen LogP contribution is -2.48. The van der Waals surface area contributed by atoms with Gasteiger partial charge in [-0.2, -0.15) is 0 Å². The van der Waals surface area contributed by atoms with Crippen LogP contribution in [0.3, 0.4) is 0 Å². The molecule has 6 heteroatoms. The standard InChI is InChI=1S/C22H25N3O3/c26-19-13-16(22(28-19)10-5-2-6-11-22)21(27)25-12-9-17-18(14-25)24-20(23-17)15-7-3-1-4-8-15/h1,3-4,7-8,16H,2,5-6,9-14H2,(H,23,24)/t16-/m1/s1. The number of rotatable bonds is 2. The van der Waals surface area contributed by atoms with E-state index in [0.717, 1.165) is 61.3 Å². The normalized spacial score (nSPS) is 23.5. The number of nitrogens with one attached hydrogen (secondary N) is 1. The summed E-state index contributed by atoms with van der Waals surface area (Å²) in [5.74, 6) is 0.363. The number of nitrogens with zero attached hydrogens (tertiary/aromatic N) is 2. The highest BCUT2D eigenvalue weighted by atomic mass is 16.6. The molecule has 1 aliphatic carbocycles. The molecule has 2 fully saturated rings. The summed E-state index contributed by atoms with van der Waals surface area (Å²) in [5, 5.41) is 0. The maximum atomic E-state index is 13.4. The van der Waals surface area contributed by atoms with Crippen molar-refractivity contribution in [1.29, 1.82) is 0 Å². The molecule has 6 nitrogen and oxygen atoms in total. The molecule has 146 valence electrons. The molecule has 1 aromatic heterocycles. The van der Waals surface area contributed by atoms with Gasteiger partial charge in [0.25, 0.3) is 0 Å². The molecular formula is C22H25N3O3. The Morgan fingerprint density at radius 3 is 2.75 bits per heavy atom. The number of aromatic amines is 1. The summed E-state index contributed by atoms with van der Waals surface area (Å²) in [6.07, 6.45) is 5.81. The Labute approximate surface area is 164 Å². The van der Waals surface area contributed by atoms with E-state index in [2.05, 4.69) is 4.98 Å². The Bertz CT molecular complexity index is 899. The molecule has 1 N–H and O–H groups in total. The average molecular weight is 379 g/mol. The predicted octanol–water partition coefficient (Wildman–Crippen LogP) is 3.23. The highest BCUT2D eigenvalue weighted by Gasteiger charge is 2.54. The number of ether oxygens (including phenoxy) is 1. The zero-order valence-corrected chi connectivity index (χ0v) is 15.9. The zero-order valence-electron chi connectivity index (χ0n) is 15.9. The van der Waals surface area contributed by atoms with Crippen LogP contribution in [0.4, 0.5) is 0 Å². The highest BCUT2D eigenvalue weighted by Crippen LogP contribution is 2.45. The fourth-order valence-electron chi connectivity index (χ4n) is 5.04. The van der Waals surface area contributed by atoms with Crippen molar-refractivity contribution in [3.63, 3.8) is 0 Å². The van der Waals surface area contributed by atoms with E-state index in [4.69, 9.17) is 9.72 Å². The molecule has 3 aliphatic rings. The van der Waals surface area contributed by atoms with E-state index in [0.29, 0.717) is 13.1 Å². The largest absolute Gasteiger partial charge is 0.458 e. The van der Waals surface area contributed by atoms with Gasteiger partial charge < -0.3 is 14.6 Å². The van der Waals surface area contributed by atoms with Crippen molar-refractivity contribution in [3.05, 3.63) is 41.7 Å². The number of aromatic nitrogens is 2. The van der Waals surface area contributed by atoms with Crippen molar-refractivity contribution < 1.29 is 14.3 Å². The van der Waals surface area contributed by atoms with Crippen LogP contribution in [-0.2, 0) is 27.3 Å². The summed E-state index contributed by atoms with van der Waals surface area (Å²) in [4.78, 5) is 35.5. The zero-order chi connectivity index (χ0) is 19.1. The molecule has 3 heterocycles. The molecule has 2 aromatic rings. The van der Waals surface area contributed by atoms with E-state index >= 15 is 0 Å². The molecule has 1 atom stereocenters.